The standard InChI is InChI=1S/C14H10O3/c15-13-7-8-14(17-13)16-12-6-5-10-3-1-2-4-11(10)9-12/h1-9,14H/t14-/m0/s1. The van der Waals surface area contributed by atoms with Crippen LogP contribution in [0.25, 0.3) is 10.8 Å². The van der Waals surface area contributed by atoms with E-state index < -0.39 is 6.29 Å². The summed E-state index contributed by atoms with van der Waals surface area (Å²) in [5.41, 5.74) is 0. The summed E-state index contributed by atoms with van der Waals surface area (Å²) in [5, 5.41) is 2.25. The van der Waals surface area contributed by atoms with Crippen molar-refractivity contribution >= 4 is 16.7 Å². The van der Waals surface area contributed by atoms with Gasteiger partial charge in [0.1, 0.15) is 5.75 Å². The summed E-state index contributed by atoms with van der Waals surface area (Å²) in [6.45, 7) is 0. The average molecular weight is 226 g/mol. The molecule has 2 aromatic carbocycles. The molecule has 0 fully saturated rings. The van der Waals surface area contributed by atoms with Crippen LogP contribution in [-0.4, -0.2) is 12.3 Å². The smallest absolute Gasteiger partial charge is 0.334 e. The van der Waals surface area contributed by atoms with Crippen molar-refractivity contribution in [2.45, 2.75) is 6.29 Å². The number of rotatable bonds is 2. The van der Waals surface area contributed by atoms with Gasteiger partial charge in [0.25, 0.3) is 6.29 Å². The Kier molecular flexibility index (Phi) is 2.29. The normalized spacial score (nSPS) is 18.4. The van der Waals surface area contributed by atoms with E-state index in [1.54, 1.807) is 6.08 Å². The van der Waals surface area contributed by atoms with Crippen molar-refractivity contribution in [3.8, 4) is 5.75 Å². The molecule has 0 unspecified atom stereocenters. The van der Waals surface area contributed by atoms with Crippen LogP contribution < -0.4 is 4.74 Å². The monoisotopic (exact) mass is 226 g/mol. The van der Waals surface area contributed by atoms with Crippen LogP contribution in [-0.2, 0) is 9.53 Å². The molecule has 0 radical (unpaired) electrons. The van der Waals surface area contributed by atoms with Crippen LogP contribution >= 0.6 is 0 Å². The SMILES string of the molecule is O=C1C=C[C@@H](Oc2ccc3ccccc3c2)O1. The largest absolute Gasteiger partial charge is 0.451 e. The number of benzene rings is 2. The molecule has 17 heavy (non-hydrogen) atoms. The summed E-state index contributed by atoms with van der Waals surface area (Å²) >= 11 is 0. The highest BCUT2D eigenvalue weighted by molar-refractivity contribution is 5.85. The highest BCUT2D eigenvalue weighted by atomic mass is 16.7. The molecule has 0 bridgehead atoms. The highest BCUT2D eigenvalue weighted by Gasteiger charge is 2.17. The first-order valence-corrected chi connectivity index (χ1v) is 5.35. The van der Waals surface area contributed by atoms with Crippen LogP contribution in [0.4, 0.5) is 0 Å². The molecule has 3 nitrogen and oxygen atoms in total. The molecule has 84 valence electrons. The molecule has 3 heteroatoms. The van der Waals surface area contributed by atoms with E-state index >= 15 is 0 Å². The maximum atomic E-state index is 10.9. The number of cyclic esters (lactones) is 1. The first-order chi connectivity index (χ1) is 8.31. The lowest BCUT2D eigenvalue weighted by Gasteiger charge is -2.11. The minimum Gasteiger partial charge on any atom is -0.451 e. The zero-order valence-corrected chi connectivity index (χ0v) is 9.00. The second-order valence-electron chi connectivity index (χ2n) is 3.79. The van der Waals surface area contributed by atoms with Crippen LogP contribution in [0.15, 0.2) is 54.6 Å². The summed E-state index contributed by atoms with van der Waals surface area (Å²) in [7, 11) is 0. The second kappa shape index (κ2) is 3.94. The fourth-order valence-electron chi connectivity index (χ4n) is 1.79. The maximum Gasteiger partial charge on any atom is 0.334 e. The molecular weight excluding hydrogens is 216 g/mol. The first-order valence-electron chi connectivity index (χ1n) is 5.35. The molecule has 0 amide bonds. The van der Waals surface area contributed by atoms with E-state index in [1.807, 2.05) is 42.5 Å². The molecule has 0 saturated carbocycles. The van der Waals surface area contributed by atoms with Gasteiger partial charge in [0.2, 0.25) is 0 Å². The van der Waals surface area contributed by atoms with Crippen molar-refractivity contribution in [2.24, 2.45) is 0 Å². The highest BCUT2D eigenvalue weighted by Crippen LogP contribution is 2.22. The van der Waals surface area contributed by atoms with Gasteiger partial charge in [0.15, 0.2) is 0 Å². The Balaban J connectivity index is 1.86. The number of hydrogen-bond donors (Lipinski definition) is 0. The van der Waals surface area contributed by atoms with E-state index in [4.69, 9.17) is 9.47 Å². The first kappa shape index (κ1) is 9.90. The Labute approximate surface area is 98.3 Å². The Hall–Kier alpha value is -2.29. The van der Waals surface area contributed by atoms with Crippen molar-refractivity contribution < 1.29 is 14.3 Å². The number of esters is 1. The van der Waals surface area contributed by atoms with Gasteiger partial charge in [-0.05, 0) is 22.9 Å². The third kappa shape index (κ3) is 1.99. The lowest BCUT2D eigenvalue weighted by Crippen LogP contribution is -2.15. The molecule has 1 aliphatic heterocycles. The molecule has 1 aliphatic rings. The van der Waals surface area contributed by atoms with Gasteiger partial charge in [-0.3, -0.25) is 0 Å². The van der Waals surface area contributed by atoms with Gasteiger partial charge in [-0.2, -0.15) is 0 Å². The second-order valence-corrected chi connectivity index (χ2v) is 3.79. The minimum atomic E-state index is -0.608. The topological polar surface area (TPSA) is 35.5 Å². The van der Waals surface area contributed by atoms with Gasteiger partial charge < -0.3 is 9.47 Å². The van der Waals surface area contributed by atoms with Crippen LogP contribution in [0.1, 0.15) is 0 Å². The Bertz CT molecular complexity index is 601. The molecular formula is C14H10O3. The third-order valence-corrected chi connectivity index (χ3v) is 2.59. The van der Waals surface area contributed by atoms with Crippen molar-refractivity contribution in [3.05, 3.63) is 54.6 Å². The number of ether oxygens (including phenoxy) is 2. The molecule has 0 saturated heterocycles. The van der Waals surface area contributed by atoms with E-state index in [1.165, 1.54) is 6.08 Å². The van der Waals surface area contributed by atoms with Crippen molar-refractivity contribution in [2.75, 3.05) is 0 Å². The van der Waals surface area contributed by atoms with Crippen LogP contribution in [0.2, 0.25) is 0 Å². The summed E-state index contributed by atoms with van der Waals surface area (Å²) < 4.78 is 10.4. The summed E-state index contributed by atoms with van der Waals surface area (Å²) in [6.07, 6.45) is 2.35. The molecule has 2 aromatic rings. The van der Waals surface area contributed by atoms with Gasteiger partial charge in [-0.15, -0.1) is 0 Å². The summed E-state index contributed by atoms with van der Waals surface area (Å²) in [5.74, 6) is 0.323. The number of carbonyl (C=O) groups excluding carboxylic acids is 1. The van der Waals surface area contributed by atoms with Gasteiger partial charge in [0.05, 0.1) is 0 Å². The van der Waals surface area contributed by atoms with E-state index in [0.29, 0.717) is 5.75 Å². The molecule has 0 spiro atoms. The average Bonchev–Trinajstić information content (AvgIpc) is 2.75. The van der Waals surface area contributed by atoms with E-state index in [9.17, 15) is 4.79 Å². The lowest BCUT2D eigenvalue weighted by atomic mass is 10.1. The Morgan fingerprint density at radius 1 is 1.06 bits per heavy atom. The fourth-order valence-corrected chi connectivity index (χ4v) is 1.79. The maximum absolute atomic E-state index is 10.9. The van der Waals surface area contributed by atoms with Gasteiger partial charge in [-0.25, -0.2) is 4.79 Å². The summed E-state index contributed by atoms with van der Waals surface area (Å²) in [6, 6.07) is 13.8. The number of carbonyl (C=O) groups is 1. The predicted molar refractivity (Wildman–Crippen MR) is 63.6 cm³/mol. The van der Waals surface area contributed by atoms with Crippen LogP contribution in [0.3, 0.4) is 0 Å². The van der Waals surface area contributed by atoms with Gasteiger partial charge in [0, 0.05) is 12.2 Å². The Morgan fingerprint density at radius 2 is 1.88 bits per heavy atom. The third-order valence-electron chi connectivity index (χ3n) is 2.59. The van der Waals surface area contributed by atoms with Gasteiger partial charge >= 0.3 is 5.97 Å². The molecule has 0 N–H and O–H groups in total. The zero-order valence-electron chi connectivity index (χ0n) is 9.00. The van der Waals surface area contributed by atoms with Crippen molar-refractivity contribution in [1.82, 2.24) is 0 Å². The van der Waals surface area contributed by atoms with E-state index in [0.717, 1.165) is 10.8 Å². The molecule has 3 rings (SSSR count). The molecule has 1 heterocycles. The van der Waals surface area contributed by atoms with Crippen LogP contribution in [0.5, 0.6) is 5.75 Å². The summed E-state index contributed by atoms with van der Waals surface area (Å²) in [4.78, 5) is 10.9. The Morgan fingerprint density at radius 3 is 2.65 bits per heavy atom. The number of fused-ring (bicyclic) bond motifs is 1. The number of hydrogen-bond acceptors (Lipinski definition) is 3. The van der Waals surface area contributed by atoms with E-state index in [-0.39, 0.29) is 5.97 Å². The zero-order chi connectivity index (χ0) is 11.7. The van der Waals surface area contributed by atoms with Crippen molar-refractivity contribution in [1.29, 1.82) is 0 Å². The lowest BCUT2D eigenvalue weighted by molar-refractivity contribution is -0.147. The molecule has 0 aromatic heterocycles. The minimum absolute atomic E-state index is 0.365. The molecule has 1 atom stereocenters. The quantitative estimate of drug-likeness (QED) is 0.738. The van der Waals surface area contributed by atoms with Gasteiger partial charge in [-0.1, -0.05) is 30.3 Å². The van der Waals surface area contributed by atoms with Crippen molar-refractivity contribution in [3.63, 3.8) is 0 Å². The predicted octanol–water partition coefficient (Wildman–Crippen LogP) is 2.66. The van der Waals surface area contributed by atoms with Crippen LogP contribution in [0, 0.1) is 0 Å². The van der Waals surface area contributed by atoms with E-state index in [2.05, 4.69) is 0 Å². The fraction of sp³-hybridized carbons (Fsp3) is 0.0714. The molecule has 0 aliphatic carbocycles.